The molecule has 1 heterocycles. The Balaban J connectivity index is 0.00000220. The zero-order valence-electron chi connectivity index (χ0n) is 11.9. The molecule has 6 nitrogen and oxygen atoms in total. The quantitative estimate of drug-likeness (QED) is 0.294. The van der Waals surface area contributed by atoms with Crippen LogP contribution < -0.4 is 66.8 Å². The number of hydrazone groups is 1. The summed E-state index contributed by atoms with van der Waals surface area (Å²) in [5.74, 6) is -0.495. The molecule has 0 radical (unpaired) electrons. The standard InChI is InChI=1S/C13H13N3O3S.K/c1-8(20)14-9-3-5-10(6-4-9)16-13(18)11(7-17)12(15-16)19-2;/h3-7,17H,1-2H3,(H,14,20);/q;+1/p-1/b11-7-;. The van der Waals surface area contributed by atoms with Crippen molar-refractivity contribution in [3.63, 3.8) is 0 Å². The second-order valence-electron chi connectivity index (χ2n) is 3.99. The molecule has 0 aliphatic carbocycles. The van der Waals surface area contributed by atoms with Crippen LogP contribution in [0.2, 0.25) is 0 Å². The van der Waals surface area contributed by atoms with Crippen LogP contribution in [0.4, 0.5) is 11.4 Å². The Morgan fingerprint density at radius 2 is 2.05 bits per heavy atom. The maximum absolute atomic E-state index is 12.0. The van der Waals surface area contributed by atoms with Crippen LogP contribution in [-0.4, -0.2) is 23.9 Å². The molecule has 1 aliphatic heterocycles. The third kappa shape index (κ3) is 4.12. The van der Waals surface area contributed by atoms with Gasteiger partial charge in [0.25, 0.3) is 5.91 Å². The van der Waals surface area contributed by atoms with Gasteiger partial charge in [0.1, 0.15) is 0 Å². The number of amides is 1. The van der Waals surface area contributed by atoms with Crippen molar-refractivity contribution in [1.29, 1.82) is 0 Å². The maximum Gasteiger partial charge on any atom is 1.00 e. The topological polar surface area (TPSA) is 77.0 Å². The van der Waals surface area contributed by atoms with Gasteiger partial charge in [-0.1, -0.05) is 12.2 Å². The Morgan fingerprint density at radius 1 is 1.43 bits per heavy atom. The van der Waals surface area contributed by atoms with Crippen LogP contribution in [0.25, 0.3) is 0 Å². The van der Waals surface area contributed by atoms with Gasteiger partial charge in [-0.3, -0.25) is 4.79 Å². The summed E-state index contributed by atoms with van der Waals surface area (Å²) >= 11 is 4.94. The van der Waals surface area contributed by atoms with Gasteiger partial charge in [0.2, 0.25) is 5.90 Å². The van der Waals surface area contributed by atoms with Gasteiger partial charge in [0, 0.05) is 5.69 Å². The molecule has 0 fully saturated rings. The van der Waals surface area contributed by atoms with Crippen molar-refractivity contribution in [2.45, 2.75) is 6.92 Å². The maximum atomic E-state index is 12.0. The van der Waals surface area contributed by atoms with Crippen molar-refractivity contribution >= 4 is 40.4 Å². The molecule has 1 amide bonds. The second kappa shape index (κ2) is 8.02. The number of nitrogens with one attached hydrogen (secondary N) is 1. The largest absolute Gasteiger partial charge is 1.00 e. The third-order valence-corrected chi connectivity index (χ3v) is 2.69. The number of thiocarbonyl (C=S) groups is 1. The van der Waals surface area contributed by atoms with Gasteiger partial charge < -0.3 is 15.2 Å². The Kier molecular flexibility index (Phi) is 6.98. The molecule has 1 N–H and O–H groups in total. The Hall–Kier alpha value is -0.774. The molecule has 0 spiro atoms. The van der Waals surface area contributed by atoms with Gasteiger partial charge >= 0.3 is 51.4 Å². The fourth-order valence-electron chi connectivity index (χ4n) is 1.71. The molecule has 0 bridgehead atoms. The van der Waals surface area contributed by atoms with E-state index < -0.39 is 5.91 Å². The van der Waals surface area contributed by atoms with Crippen LogP contribution in [0.3, 0.4) is 0 Å². The summed E-state index contributed by atoms with van der Waals surface area (Å²) < 4.78 is 4.90. The van der Waals surface area contributed by atoms with Crippen LogP contribution in [-0.2, 0) is 9.53 Å². The van der Waals surface area contributed by atoms with Crippen molar-refractivity contribution in [3.8, 4) is 0 Å². The number of benzene rings is 1. The molecule has 8 heteroatoms. The van der Waals surface area contributed by atoms with Crippen molar-refractivity contribution in [2.24, 2.45) is 5.10 Å². The summed E-state index contributed by atoms with van der Waals surface area (Å²) in [5, 5.41) is 18.9. The Labute approximate surface area is 170 Å². The van der Waals surface area contributed by atoms with E-state index in [0.717, 1.165) is 10.7 Å². The number of methoxy groups -OCH3 is 1. The van der Waals surface area contributed by atoms with E-state index in [1.54, 1.807) is 31.2 Å². The van der Waals surface area contributed by atoms with Crippen LogP contribution in [0.15, 0.2) is 41.2 Å². The number of rotatable bonds is 2. The van der Waals surface area contributed by atoms with Crippen molar-refractivity contribution in [2.75, 3.05) is 17.4 Å². The molecule has 1 aromatic rings. The molecule has 0 aromatic heterocycles. The zero-order chi connectivity index (χ0) is 14.7. The molecular formula is C13H12KN3O3S. The number of nitrogens with zero attached hydrogens (tertiary/aromatic N) is 2. The van der Waals surface area contributed by atoms with E-state index in [2.05, 4.69) is 10.4 Å². The first kappa shape index (κ1) is 18.3. The summed E-state index contributed by atoms with van der Waals surface area (Å²) in [6.45, 7) is 1.77. The number of carbonyl (C=O) groups excluding carboxylic acids is 1. The first-order valence-corrected chi connectivity index (χ1v) is 6.15. The van der Waals surface area contributed by atoms with E-state index in [0.29, 0.717) is 16.9 Å². The van der Waals surface area contributed by atoms with Crippen molar-refractivity contribution in [1.82, 2.24) is 0 Å². The summed E-state index contributed by atoms with van der Waals surface area (Å²) in [7, 11) is 1.36. The molecule has 0 saturated carbocycles. The van der Waals surface area contributed by atoms with E-state index in [1.807, 2.05) is 0 Å². The van der Waals surface area contributed by atoms with Crippen LogP contribution >= 0.6 is 12.2 Å². The molecule has 0 unspecified atom stereocenters. The Morgan fingerprint density at radius 3 is 2.48 bits per heavy atom. The van der Waals surface area contributed by atoms with Gasteiger partial charge in [0.05, 0.1) is 23.4 Å². The minimum atomic E-state index is -0.511. The van der Waals surface area contributed by atoms with E-state index >= 15 is 0 Å². The Bertz CT molecular complexity index is 614. The van der Waals surface area contributed by atoms with E-state index in [9.17, 15) is 9.90 Å². The van der Waals surface area contributed by atoms with Gasteiger partial charge in [0.15, 0.2) is 0 Å². The molecule has 1 aromatic carbocycles. The minimum absolute atomic E-state index is 0. The average molecular weight is 329 g/mol. The molecule has 0 saturated heterocycles. The summed E-state index contributed by atoms with van der Waals surface area (Å²) in [5.41, 5.74) is 1.25. The zero-order valence-corrected chi connectivity index (χ0v) is 15.9. The first-order chi connectivity index (χ1) is 9.56. The number of hydrogen-bond donors (Lipinski definition) is 1. The summed E-state index contributed by atoms with van der Waals surface area (Å²) in [6.07, 6.45) is 0.441. The van der Waals surface area contributed by atoms with Gasteiger partial charge in [-0.25, -0.2) is 0 Å². The predicted molar refractivity (Wildman–Crippen MR) is 78.3 cm³/mol. The second-order valence-corrected chi connectivity index (χ2v) is 4.60. The van der Waals surface area contributed by atoms with Gasteiger partial charge in [-0.05, 0) is 31.2 Å². The fourth-order valence-corrected chi connectivity index (χ4v) is 1.83. The summed E-state index contributed by atoms with van der Waals surface area (Å²) in [4.78, 5) is 12.6. The summed E-state index contributed by atoms with van der Waals surface area (Å²) in [6, 6.07) is 6.92. The van der Waals surface area contributed by atoms with Crippen molar-refractivity contribution in [3.05, 3.63) is 36.1 Å². The van der Waals surface area contributed by atoms with Crippen LogP contribution in [0, 0.1) is 0 Å². The van der Waals surface area contributed by atoms with Crippen molar-refractivity contribution < 1.29 is 66.0 Å². The molecule has 1 aliphatic rings. The van der Waals surface area contributed by atoms with Gasteiger partial charge in [-0.15, -0.1) is 11.4 Å². The SMILES string of the molecule is COC1=NN(c2ccc(NC(C)=S)cc2)C(=O)/C1=C\[O-].[K+]. The smallest absolute Gasteiger partial charge is 0.877 e. The molecular weight excluding hydrogens is 317 g/mol. The number of carbonyl (C=O) groups is 1. The number of ether oxygens (including phenoxy) is 1. The monoisotopic (exact) mass is 329 g/mol. The minimum Gasteiger partial charge on any atom is -0.877 e. The fraction of sp³-hybridized carbons (Fsp3) is 0.154. The van der Waals surface area contributed by atoms with E-state index in [4.69, 9.17) is 17.0 Å². The van der Waals surface area contributed by atoms with Crippen LogP contribution in [0.5, 0.6) is 0 Å². The first-order valence-electron chi connectivity index (χ1n) is 5.74. The number of hydrogen-bond acceptors (Lipinski definition) is 5. The molecule has 2 rings (SSSR count). The third-order valence-electron chi connectivity index (χ3n) is 2.59. The molecule has 0 atom stereocenters. The van der Waals surface area contributed by atoms with Crippen LogP contribution in [0.1, 0.15) is 6.92 Å². The normalized spacial score (nSPS) is 15.5. The molecule has 21 heavy (non-hydrogen) atoms. The van der Waals surface area contributed by atoms with E-state index in [1.165, 1.54) is 7.11 Å². The molecule has 104 valence electrons. The average Bonchev–Trinajstić information content (AvgIpc) is 2.75. The van der Waals surface area contributed by atoms with E-state index in [-0.39, 0.29) is 62.9 Å². The van der Waals surface area contributed by atoms with Gasteiger partial charge in [-0.2, -0.15) is 5.01 Å². The number of anilines is 2. The predicted octanol–water partition coefficient (Wildman–Crippen LogP) is -2.00.